The highest BCUT2D eigenvalue weighted by Gasteiger charge is 2.05. The Labute approximate surface area is 118 Å². The van der Waals surface area contributed by atoms with E-state index in [1.54, 1.807) is 6.08 Å². The van der Waals surface area contributed by atoms with E-state index in [2.05, 4.69) is 25.7 Å². The first-order valence-corrected chi connectivity index (χ1v) is 7.63. The number of carboxylic acid groups (broad SMARTS) is 1. The molecule has 0 heterocycles. The molecule has 0 spiro atoms. The smallest absolute Gasteiger partial charge is 0.332 e. The monoisotopic (exact) mass is 264 g/mol. The molecule has 0 atom stereocenters. The van der Waals surface area contributed by atoms with Gasteiger partial charge in [-0.25, -0.2) is 4.79 Å². The van der Waals surface area contributed by atoms with Crippen molar-refractivity contribution in [2.24, 2.45) is 0 Å². The van der Waals surface area contributed by atoms with Crippen molar-refractivity contribution in [3.8, 4) is 11.8 Å². The van der Waals surface area contributed by atoms with Gasteiger partial charge in [-0.1, -0.05) is 64.2 Å². The molecule has 0 rings (SSSR count). The molecule has 2 nitrogen and oxygen atoms in total. The van der Waals surface area contributed by atoms with Crippen molar-refractivity contribution in [3.05, 3.63) is 11.6 Å². The largest absolute Gasteiger partial charge is 0.478 e. The zero-order valence-electron chi connectivity index (χ0n) is 12.5. The molecule has 19 heavy (non-hydrogen) atoms. The molecule has 0 aromatic heterocycles. The van der Waals surface area contributed by atoms with Gasteiger partial charge in [0.15, 0.2) is 0 Å². The van der Waals surface area contributed by atoms with E-state index in [0.29, 0.717) is 12.0 Å². The van der Waals surface area contributed by atoms with Crippen molar-refractivity contribution in [1.82, 2.24) is 0 Å². The Kier molecular flexibility index (Phi) is 12.4. The lowest BCUT2D eigenvalue weighted by Gasteiger charge is -2.00. The molecule has 0 saturated heterocycles. The Hall–Kier alpha value is -1.23. The minimum atomic E-state index is -0.822. The van der Waals surface area contributed by atoms with Crippen LogP contribution in [0, 0.1) is 11.8 Å². The first-order valence-electron chi connectivity index (χ1n) is 7.63. The minimum Gasteiger partial charge on any atom is -0.478 e. The van der Waals surface area contributed by atoms with E-state index in [4.69, 9.17) is 5.11 Å². The Morgan fingerprint density at radius 1 is 1.00 bits per heavy atom. The van der Waals surface area contributed by atoms with Crippen LogP contribution in [0.3, 0.4) is 0 Å². The molecule has 0 fully saturated rings. The van der Waals surface area contributed by atoms with Gasteiger partial charge in [-0.2, -0.15) is 0 Å². The van der Waals surface area contributed by atoms with Crippen LogP contribution in [0.15, 0.2) is 11.6 Å². The van der Waals surface area contributed by atoms with Crippen molar-refractivity contribution in [2.45, 2.75) is 78.1 Å². The first-order chi connectivity index (χ1) is 9.22. The average molecular weight is 264 g/mol. The number of hydrogen-bond acceptors (Lipinski definition) is 1. The van der Waals surface area contributed by atoms with Crippen LogP contribution in [-0.2, 0) is 4.79 Å². The van der Waals surface area contributed by atoms with Crippen LogP contribution in [0.2, 0.25) is 0 Å². The number of carbonyl (C=O) groups is 1. The zero-order valence-corrected chi connectivity index (χ0v) is 12.5. The highest BCUT2D eigenvalue weighted by Crippen LogP contribution is 2.10. The number of rotatable bonds is 10. The van der Waals surface area contributed by atoms with Gasteiger partial charge in [-0.3, -0.25) is 0 Å². The van der Waals surface area contributed by atoms with Crippen LogP contribution in [0.4, 0.5) is 0 Å². The second-order valence-corrected chi connectivity index (χ2v) is 4.92. The molecule has 0 saturated carbocycles. The Bertz CT molecular complexity index is 318. The summed E-state index contributed by atoms with van der Waals surface area (Å²) < 4.78 is 0. The van der Waals surface area contributed by atoms with Crippen LogP contribution in [0.25, 0.3) is 0 Å². The van der Waals surface area contributed by atoms with Crippen LogP contribution in [0.5, 0.6) is 0 Å². The first kappa shape index (κ1) is 17.8. The van der Waals surface area contributed by atoms with Gasteiger partial charge in [-0.15, -0.1) is 0 Å². The van der Waals surface area contributed by atoms with Crippen molar-refractivity contribution in [1.29, 1.82) is 0 Å². The summed E-state index contributed by atoms with van der Waals surface area (Å²) in [6.45, 7) is 4.34. The minimum absolute atomic E-state index is 0.456. The normalized spacial score (nSPS) is 10.9. The summed E-state index contributed by atoms with van der Waals surface area (Å²) in [7, 11) is 0. The maximum absolute atomic E-state index is 11.0. The van der Waals surface area contributed by atoms with E-state index in [9.17, 15) is 4.79 Å². The fourth-order valence-electron chi connectivity index (χ4n) is 1.83. The average Bonchev–Trinajstić information content (AvgIpc) is 2.39. The fourth-order valence-corrected chi connectivity index (χ4v) is 1.83. The lowest BCUT2D eigenvalue weighted by atomic mass is 10.1. The molecule has 0 aliphatic rings. The highest BCUT2D eigenvalue weighted by molar-refractivity contribution is 5.87. The van der Waals surface area contributed by atoms with Crippen molar-refractivity contribution >= 4 is 5.97 Å². The molecule has 0 aliphatic heterocycles. The van der Waals surface area contributed by atoms with E-state index in [1.807, 2.05) is 0 Å². The maximum Gasteiger partial charge on any atom is 0.332 e. The summed E-state index contributed by atoms with van der Waals surface area (Å²) in [5.74, 6) is 5.11. The highest BCUT2D eigenvalue weighted by atomic mass is 16.4. The third kappa shape index (κ3) is 11.6. The Balaban J connectivity index is 3.98. The number of carboxylic acids is 1. The molecular formula is C17H28O2. The van der Waals surface area contributed by atoms with Crippen LogP contribution in [-0.4, -0.2) is 11.1 Å². The Morgan fingerprint density at radius 3 is 2.21 bits per heavy atom. The number of allylic oxidation sites excluding steroid dienone is 1. The summed E-state index contributed by atoms with van der Waals surface area (Å²) in [5, 5.41) is 9.07. The quantitative estimate of drug-likeness (QED) is 0.344. The van der Waals surface area contributed by atoms with E-state index in [1.165, 1.54) is 32.1 Å². The molecule has 0 amide bonds. The molecule has 0 aromatic rings. The lowest BCUT2D eigenvalue weighted by molar-refractivity contribution is -0.132. The van der Waals surface area contributed by atoms with E-state index >= 15 is 0 Å². The summed E-state index contributed by atoms with van der Waals surface area (Å²) in [6.07, 6.45) is 12.3. The summed E-state index contributed by atoms with van der Waals surface area (Å²) in [6, 6.07) is 0. The third-order valence-electron chi connectivity index (χ3n) is 3.08. The Morgan fingerprint density at radius 2 is 1.63 bits per heavy atom. The van der Waals surface area contributed by atoms with Crippen LogP contribution < -0.4 is 0 Å². The fraction of sp³-hybridized carbons (Fsp3) is 0.706. The number of aliphatic carboxylic acids is 1. The topological polar surface area (TPSA) is 37.3 Å². The van der Waals surface area contributed by atoms with Crippen molar-refractivity contribution in [2.75, 3.05) is 0 Å². The SMILES string of the molecule is CCCCCCC#C/C=C(\CCCCCC)C(=O)O. The van der Waals surface area contributed by atoms with Gasteiger partial charge in [0.1, 0.15) is 0 Å². The molecule has 0 aliphatic carbocycles. The lowest BCUT2D eigenvalue weighted by Crippen LogP contribution is -2.00. The van der Waals surface area contributed by atoms with Crippen molar-refractivity contribution in [3.63, 3.8) is 0 Å². The molecule has 0 bridgehead atoms. The maximum atomic E-state index is 11.0. The molecule has 0 radical (unpaired) electrons. The molecule has 2 heteroatoms. The van der Waals surface area contributed by atoms with Gasteiger partial charge < -0.3 is 5.11 Å². The second kappa shape index (κ2) is 13.2. The van der Waals surface area contributed by atoms with Gasteiger partial charge in [0, 0.05) is 12.0 Å². The zero-order chi connectivity index (χ0) is 14.3. The second-order valence-electron chi connectivity index (χ2n) is 4.92. The molecule has 0 unspecified atom stereocenters. The van der Waals surface area contributed by atoms with Gasteiger partial charge in [0.05, 0.1) is 0 Å². The third-order valence-corrected chi connectivity index (χ3v) is 3.08. The van der Waals surface area contributed by atoms with Gasteiger partial charge in [0.25, 0.3) is 0 Å². The van der Waals surface area contributed by atoms with Crippen molar-refractivity contribution < 1.29 is 9.90 Å². The summed E-state index contributed by atoms with van der Waals surface area (Å²) in [5.41, 5.74) is 0.456. The van der Waals surface area contributed by atoms with E-state index < -0.39 is 5.97 Å². The molecule has 1 N–H and O–H groups in total. The van der Waals surface area contributed by atoms with E-state index in [-0.39, 0.29) is 0 Å². The summed E-state index contributed by atoms with van der Waals surface area (Å²) in [4.78, 5) is 11.0. The number of unbranched alkanes of at least 4 members (excludes halogenated alkanes) is 7. The summed E-state index contributed by atoms with van der Waals surface area (Å²) >= 11 is 0. The van der Waals surface area contributed by atoms with Crippen LogP contribution >= 0.6 is 0 Å². The van der Waals surface area contributed by atoms with Crippen LogP contribution in [0.1, 0.15) is 78.1 Å². The molecular weight excluding hydrogens is 236 g/mol. The van der Waals surface area contributed by atoms with Gasteiger partial charge in [-0.05, 0) is 25.3 Å². The van der Waals surface area contributed by atoms with Gasteiger partial charge in [0.2, 0.25) is 0 Å². The molecule has 0 aromatic carbocycles. The predicted molar refractivity (Wildman–Crippen MR) is 81.0 cm³/mol. The van der Waals surface area contributed by atoms with Gasteiger partial charge >= 0.3 is 5.97 Å². The standard InChI is InChI=1S/C17H28O2/c1-3-5-7-9-10-11-13-15-16(17(18)19)14-12-8-6-4-2/h15H,3-10,12,14H2,1-2H3,(H,18,19)/b16-15+. The van der Waals surface area contributed by atoms with E-state index in [0.717, 1.165) is 25.7 Å². The predicted octanol–water partition coefficient (Wildman–Crippen LogP) is 4.94. The number of hydrogen-bond donors (Lipinski definition) is 1. The molecule has 108 valence electrons.